The Bertz CT molecular complexity index is 908. The minimum atomic E-state index is 0.583. The third-order valence-corrected chi connectivity index (χ3v) is 4.17. The van der Waals surface area contributed by atoms with Crippen LogP contribution >= 0.6 is 0 Å². The van der Waals surface area contributed by atoms with Crippen LogP contribution in [-0.4, -0.2) is 17.1 Å². The van der Waals surface area contributed by atoms with Gasteiger partial charge in [-0.05, 0) is 43.5 Å². The van der Waals surface area contributed by atoms with Crippen LogP contribution in [0.15, 0.2) is 48.5 Å². The molecule has 26 heavy (non-hydrogen) atoms. The zero-order valence-electron chi connectivity index (χ0n) is 15.6. The smallest absolute Gasteiger partial charge is 0.229 e. The van der Waals surface area contributed by atoms with Crippen LogP contribution in [0.5, 0.6) is 5.75 Å². The first kappa shape index (κ1) is 17.7. The lowest BCUT2D eigenvalue weighted by Gasteiger charge is -2.14. The zero-order chi connectivity index (χ0) is 18.5. The van der Waals surface area contributed by atoms with Gasteiger partial charge in [0.25, 0.3) is 0 Å². The summed E-state index contributed by atoms with van der Waals surface area (Å²) in [6.07, 6.45) is 0.949. The molecule has 0 atom stereocenters. The molecule has 0 saturated carbocycles. The number of nitrogens with zero attached hydrogens (tertiary/aromatic N) is 2. The van der Waals surface area contributed by atoms with Gasteiger partial charge in [-0.1, -0.05) is 31.2 Å². The molecule has 3 rings (SSSR count). The molecule has 134 valence electrons. The molecule has 5 heteroatoms. The Kier molecular flexibility index (Phi) is 5.37. The third kappa shape index (κ3) is 4.11. The molecule has 2 N–H and O–H groups in total. The first-order valence-corrected chi connectivity index (χ1v) is 8.71. The Labute approximate surface area is 154 Å². The summed E-state index contributed by atoms with van der Waals surface area (Å²) < 4.78 is 5.27. The second-order valence-electron chi connectivity index (χ2n) is 6.16. The predicted octanol–water partition coefficient (Wildman–Crippen LogP) is 5.15. The van der Waals surface area contributed by atoms with Crippen molar-refractivity contribution in [1.29, 1.82) is 0 Å². The molecule has 0 aliphatic rings. The van der Waals surface area contributed by atoms with Crippen LogP contribution in [0, 0.1) is 13.8 Å². The number of hydrogen-bond acceptors (Lipinski definition) is 5. The number of benzene rings is 2. The van der Waals surface area contributed by atoms with Gasteiger partial charge in [-0.25, -0.2) is 4.98 Å². The van der Waals surface area contributed by atoms with Crippen molar-refractivity contribution in [2.75, 3.05) is 17.7 Å². The molecular weight excluding hydrogens is 324 g/mol. The molecule has 0 radical (unpaired) electrons. The lowest BCUT2D eigenvalue weighted by molar-refractivity contribution is 0.415. The molecule has 2 aromatic carbocycles. The van der Waals surface area contributed by atoms with Crippen LogP contribution in [0.2, 0.25) is 0 Å². The van der Waals surface area contributed by atoms with Crippen LogP contribution in [0.25, 0.3) is 0 Å². The van der Waals surface area contributed by atoms with E-state index in [4.69, 9.17) is 4.74 Å². The third-order valence-electron chi connectivity index (χ3n) is 4.17. The molecule has 3 aromatic rings. The normalized spacial score (nSPS) is 10.5. The zero-order valence-corrected chi connectivity index (χ0v) is 15.6. The summed E-state index contributed by atoms with van der Waals surface area (Å²) in [5.74, 6) is 2.12. The molecule has 0 unspecified atom stereocenters. The Balaban J connectivity index is 1.88. The SMILES string of the molecule is CCc1cccc(C)c1Nc1nc(C)cc(Nc2cccc(OC)c2)n1. The number of nitrogens with one attached hydrogen (secondary N) is 2. The lowest BCUT2D eigenvalue weighted by atomic mass is 10.1. The summed E-state index contributed by atoms with van der Waals surface area (Å²) in [5, 5.41) is 6.71. The van der Waals surface area contributed by atoms with E-state index in [2.05, 4.69) is 52.6 Å². The molecular formula is C21H24N4O. The first-order valence-electron chi connectivity index (χ1n) is 8.71. The van der Waals surface area contributed by atoms with E-state index >= 15 is 0 Å². The van der Waals surface area contributed by atoms with E-state index in [-0.39, 0.29) is 0 Å². The van der Waals surface area contributed by atoms with Gasteiger partial charge in [-0.15, -0.1) is 0 Å². The monoisotopic (exact) mass is 348 g/mol. The predicted molar refractivity (Wildman–Crippen MR) is 107 cm³/mol. The molecule has 0 aliphatic heterocycles. The standard InChI is InChI=1S/C21H24N4O/c1-5-16-9-6-8-14(2)20(16)25-21-22-15(3)12-19(24-21)23-17-10-7-11-18(13-17)26-4/h6-13H,5H2,1-4H3,(H2,22,23,24,25). The van der Waals surface area contributed by atoms with Crippen LogP contribution in [0.1, 0.15) is 23.7 Å². The Morgan fingerprint density at radius 1 is 0.962 bits per heavy atom. The number of methoxy groups -OCH3 is 1. The highest BCUT2D eigenvalue weighted by Crippen LogP contribution is 2.26. The summed E-state index contributed by atoms with van der Waals surface area (Å²) in [7, 11) is 1.66. The summed E-state index contributed by atoms with van der Waals surface area (Å²) in [6, 6.07) is 16.0. The van der Waals surface area contributed by atoms with Gasteiger partial charge in [0.2, 0.25) is 5.95 Å². The quantitative estimate of drug-likeness (QED) is 0.645. The minimum Gasteiger partial charge on any atom is -0.497 e. The molecule has 1 heterocycles. The van der Waals surface area contributed by atoms with Crippen molar-refractivity contribution in [2.45, 2.75) is 27.2 Å². The minimum absolute atomic E-state index is 0.583. The van der Waals surface area contributed by atoms with Gasteiger partial charge < -0.3 is 15.4 Å². The number of para-hydroxylation sites is 1. The lowest BCUT2D eigenvalue weighted by Crippen LogP contribution is -2.05. The highest BCUT2D eigenvalue weighted by molar-refractivity contribution is 5.65. The highest BCUT2D eigenvalue weighted by atomic mass is 16.5. The van der Waals surface area contributed by atoms with E-state index in [0.29, 0.717) is 5.95 Å². The first-order chi connectivity index (χ1) is 12.6. The van der Waals surface area contributed by atoms with Crippen LogP contribution in [0.3, 0.4) is 0 Å². The van der Waals surface area contributed by atoms with Crippen molar-refractivity contribution in [3.8, 4) is 5.75 Å². The van der Waals surface area contributed by atoms with Crippen molar-refractivity contribution in [3.05, 3.63) is 65.4 Å². The van der Waals surface area contributed by atoms with E-state index in [1.54, 1.807) is 7.11 Å². The molecule has 0 saturated heterocycles. The summed E-state index contributed by atoms with van der Waals surface area (Å²) in [4.78, 5) is 9.16. The highest BCUT2D eigenvalue weighted by Gasteiger charge is 2.08. The molecule has 0 aliphatic carbocycles. The maximum absolute atomic E-state index is 5.27. The van der Waals surface area contributed by atoms with E-state index in [1.165, 1.54) is 11.1 Å². The number of aromatic nitrogens is 2. The van der Waals surface area contributed by atoms with E-state index in [0.717, 1.165) is 35.1 Å². The maximum atomic E-state index is 5.27. The van der Waals surface area contributed by atoms with Gasteiger partial charge >= 0.3 is 0 Å². The summed E-state index contributed by atoms with van der Waals surface area (Å²) >= 11 is 0. The Morgan fingerprint density at radius 2 is 1.77 bits per heavy atom. The maximum Gasteiger partial charge on any atom is 0.229 e. The number of anilines is 4. The topological polar surface area (TPSA) is 59.1 Å². The fourth-order valence-electron chi connectivity index (χ4n) is 2.85. The van der Waals surface area contributed by atoms with Crippen LogP contribution < -0.4 is 15.4 Å². The van der Waals surface area contributed by atoms with Gasteiger partial charge in [-0.3, -0.25) is 0 Å². The van der Waals surface area contributed by atoms with Gasteiger partial charge in [0, 0.05) is 29.2 Å². The van der Waals surface area contributed by atoms with Crippen molar-refractivity contribution in [2.24, 2.45) is 0 Å². The van der Waals surface area contributed by atoms with Crippen molar-refractivity contribution >= 4 is 23.1 Å². The van der Waals surface area contributed by atoms with Crippen LogP contribution in [0.4, 0.5) is 23.1 Å². The molecule has 0 amide bonds. The number of ether oxygens (including phenoxy) is 1. The Morgan fingerprint density at radius 3 is 2.54 bits per heavy atom. The number of aryl methyl sites for hydroxylation is 3. The van der Waals surface area contributed by atoms with Crippen molar-refractivity contribution < 1.29 is 4.74 Å². The van der Waals surface area contributed by atoms with E-state index in [9.17, 15) is 0 Å². The van der Waals surface area contributed by atoms with Crippen molar-refractivity contribution in [1.82, 2.24) is 9.97 Å². The van der Waals surface area contributed by atoms with Gasteiger partial charge in [0.15, 0.2) is 0 Å². The molecule has 0 spiro atoms. The molecule has 5 nitrogen and oxygen atoms in total. The second kappa shape index (κ2) is 7.87. The van der Waals surface area contributed by atoms with Crippen molar-refractivity contribution in [3.63, 3.8) is 0 Å². The summed E-state index contributed by atoms with van der Waals surface area (Å²) in [6.45, 7) is 6.20. The van der Waals surface area contributed by atoms with E-state index in [1.807, 2.05) is 37.3 Å². The van der Waals surface area contributed by atoms with E-state index < -0.39 is 0 Å². The molecule has 0 fully saturated rings. The number of hydrogen-bond donors (Lipinski definition) is 2. The number of rotatable bonds is 6. The fraction of sp³-hybridized carbons (Fsp3) is 0.238. The van der Waals surface area contributed by atoms with Gasteiger partial charge in [-0.2, -0.15) is 4.98 Å². The second-order valence-corrected chi connectivity index (χ2v) is 6.16. The van der Waals surface area contributed by atoms with Gasteiger partial charge in [0.1, 0.15) is 11.6 Å². The fourth-order valence-corrected chi connectivity index (χ4v) is 2.85. The average Bonchev–Trinajstić information content (AvgIpc) is 2.63. The summed E-state index contributed by atoms with van der Waals surface area (Å²) in [5.41, 5.74) is 5.31. The molecule has 0 bridgehead atoms. The largest absolute Gasteiger partial charge is 0.497 e. The average molecular weight is 348 g/mol. The molecule has 1 aromatic heterocycles. The van der Waals surface area contributed by atoms with Crippen LogP contribution in [-0.2, 0) is 6.42 Å². The Hall–Kier alpha value is -3.08. The van der Waals surface area contributed by atoms with Gasteiger partial charge in [0.05, 0.1) is 7.11 Å².